The van der Waals surface area contributed by atoms with Crippen molar-refractivity contribution in [1.82, 2.24) is 5.32 Å². The van der Waals surface area contributed by atoms with Gasteiger partial charge < -0.3 is 11.1 Å². The first kappa shape index (κ1) is 15.2. The summed E-state index contributed by atoms with van der Waals surface area (Å²) in [5.74, 6) is 1.09. The van der Waals surface area contributed by atoms with Crippen molar-refractivity contribution in [3.8, 4) is 0 Å². The molecule has 1 aromatic rings. The normalized spacial score (nSPS) is 23.6. The summed E-state index contributed by atoms with van der Waals surface area (Å²) in [5.41, 5.74) is 7.15. The summed E-state index contributed by atoms with van der Waals surface area (Å²) in [5, 5.41) is 3.89. The second-order valence-electron chi connectivity index (χ2n) is 6.19. The van der Waals surface area contributed by atoms with Gasteiger partial charge in [-0.25, -0.2) is 0 Å². The molecule has 0 radical (unpaired) electrons. The van der Waals surface area contributed by atoms with Crippen molar-refractivity contribution in [3.05, 3.63) is 28.8 Å². The highest BCUT2D eigenvalue weighted by Gasteiger charge is 2.33. The van der Waals surface area contributed by atoms with E-state index in [1.54, 1.807) is 0 Å². The topological polar surface area (TPSA) is 55.1 Å². The zero-order valence-electron chi connectivity index (χ0n) is 12.0. The van der Waals surface area contributed by atoms with Gasteiger partial charge in [0, 0.05) is 27.6 Å². The molecule has 1 heterocycles. The van der Waals surface area contributed by atoms with Gasteiger partial charge in [0.2, 0.25) is 5.91 Å². The molecule has 1 unspecified atom stereocenters. The van der Waals surface area contributed by atoms with Crippen LogP contribution in [0, 0.1) is 0 Å². The predicted molar refractivity (Wildman–Crippen MR) is 87.7 cm³/mol. The molecule has 3 rings (SSSR count). The van der Waals surface area contributed by atoms with E-state index in [1.807, 2.05) is 30.0 Å². The second-order valence-corrected chi connectivity index (χ2v) is 7.76. The molecule has 1 fully saturated rings. The lowest BCUT2D eigenvalue weighted by atomic mass is 9.93. The lowest BCUT2D eigenvalue weighted by Crippen LogP contribution is -2.43. The van der Waals surface area contributed by atoms with Crippen LogP contribution in [0.2, 0.25) is 5.02 Å². The van der Waals surface area contributed by atoms with E-state index < -0.39 is 0 Å². The van der Waals surface area contributed by atoms with E-state index in [4.69, 9.17) is 17.3 Å². The minimum Gasteiger partial charge on any atom is -0.349 e. The Labute approximate surface area is 135 Å². The first-order valence-electron chi connectivity index (χ1n) is 7.56. The minimum atomic E-state index is -0.287. The number of nitrogens with one attached hydrogen (secondary N) is 1. The van der Waals surface area contributed by atoms with E-state index in [1.165, 1.54) is 4.90 Å². The van der Waals surface area contributed by atoms with Gasteiger partial charge in [-0.3, -0.25) is 4.79 Å². The van der Waals surface area contributed by atoms with Crippen molar-refractivity contribution in [2.75, 3.05) is 5.75 Å². The van der Waals surface area contributed by atoms with Gasteiger partial charge in [0.05, 0.1) is 6.04 Å². The van der Waals surface area contributed by atoms with Crippen LogP contribution in [-0.4, -0.2) is 17.2 Å². The number of carbonyl (C=O) groups excluding carboxylic acids is 1. The Morgan fingerprint density at radius 1 is 1.43 bits per heavy atom. The van der Waals surface area contributed by atoms with Gasteiger partial charge in [-0.1, -0.05) is 24.4 Å². The predicted octanol–water partition coefficient (Wildman–Crippen LogP) is 3.65. The summed E-state index contributed by atoms with van der Waals surface area (Å²) >= 11 is 7.92. The molecule has 1 atom stereocenters. The first-order chi connectivity index (χ1) is 10.1. The summed E-state index contributed by atoms with van der Waals surface area (Å²) in [4.78, 5) is 13.6. The molecular formula is C16H21ClN2OS. The lowest BCUT2D eigenvalue weighted by molar-refractivity contribution is -0.123. The van der Waals surface area contributed by atoms with Crippen molar-refractivity contribution < 1.29 is 4.79 Å². The molecular weight excluding hydrogens is 304 g/mol. The first-order valence-corrected chi connectivity index (χ1v) is 8.93. The molecule has 1 aromatic carbocycles. The third-order valence-corrected chi connectivity index (χ3v) is 5.82. The van der Waals surface area contributed by atoms with Gasteiger partial charge in [-0.15, -0.1) is 11.8 Å². The van der Waals surface area contributed by atoms with Crippen molar-refractivity contribution >= 4 is 29.3 Å². The van der Waals surface area contributed by atoms with Gasteiger partial charge in [0.1, 0.15) is 0 Å². The van der Waals surface area contributed by atoms with E-state index in [2.05, 4.69) is 5.32 Å². The highest BCUT2D eigenvalue weighted by atomic mass is 35.5. The van der Waals surface area contributed by atoms with Crippen LogP contribution in [-0.2, 0) is 4.79 Å². The summed E-state index contributed by atoms with van der Waals surface area (Å²) in [7, 11) is 0. The zero-order valence-corrected chi connectivity index (χ0v) is 13.6. The molecule has 0 bridgehead atoms. The van der Waals surface area contributed by atoms with Gasteiger partial charge in [0.15, 0.2) is 0 Å². The van der Waals surface area contributed by atoms with Gasteiger partial charge >= 0.3 is 0 Å². The van der Waals surface area contributed by atoms with Gasteiger partial charge in [0.25, 0.3) is 0 Å². The molecule has 114 valence electrons. The van der Waals surface area contributed by atoms with Crippen molar-refractivity contribution in [1.29, 1.82) is 0 Å². The average Bonchev–Trinajstić information content (AvgIpc) is 2.85. The van der Waals surface area contributed by atoms with Crippen molar-refractivity contribution in [3.63, 3.8) is 0 Å². The number of hydrogen-bond acceptors (Lipinski definition) is 3. The Kier molecular flexibility index (Phi) is 4.48. The minimum absolute atomic E-state index is 0.0671. The average molecular weight is 325 g/mol. The van der Waals surface area contributed by atoms with Crippen LogP contribution in [0.1, 0.15) is 50.1 Å². The number of carbonyl (C=O) groups is 1. The number of thioether (sulfide) groups is 1. The van der Waals surface area contributed by atoms with Crippen LogP contribution < -0.4 is 11.1 Å². The van der Waals surface area contributed by atoms with E-state index in [-0.39, 0.29) is 17.5 Å². The fourth-order valence-electron chi connectivity index (χ4n) is 3.34. The number of benzene rings is 1. The third-order valence-electron chi connectivity index (χ3n) is 4.46. The van der Waals surface area contributed by atoms with Crippen LogP contribution in [0.15, 0.2) is 23.1 Å². The van der Waals surface area contributed by atoms with E-state index in [0.717, 1.165) is 48.4 Å². The number of fused-ring (bicyclic) bond motifs is 1. The Balaban J connectivity index is 1.68. The second kappa shape index (κ2) is 6.19. The molecule has 3 N–H and O–H groups in total. The standard InChI is InChI=1S/C16H21ClN2OS/c17-11-3-4-14-12(9-11)13(5-8-21-14)19-15(20)10-16(18)6-1-2-7-16/h3-4,9,13H,1-2,5-8,10,18H2,(H,19,20). The quantitative estimate of drug-likeness (QED) is 0.892. The number of amides is 1. The Bertz CT molecular complexity index is 543. The fraction of sp³-hybridized carbons (Fsp3) is 0.562. The Hall–Kier alpha value is -0.710. The van der Waals surface area contributed by atoms with E-state index in [9.17, 15) is 4.79 Å². The van der Waals surface area contributed by atoms with Crippen molar-refractivity contribution in [2.45, 2.75) is 55.0 Å². The van der Waals surface area contributed by atoms with Crippen LogP contribution in [0.4, 0.5) is 0 Å². The number of hydrogen-bond donors (Lipinski definition) is 2. The molecule has 3 nitrogen and oxygen atoms in total. The molecule has 1 amide bonds. The van der Waals surface area contributed by atoms with E-state index in [0.29, 0.717) is 6.42 Å². The third kappa shape index (κ3) is 3.55. The molecule has 2 aliphatic rings. The maximum Gasteiger partial charge on any atom is 0.222 e. The SMILES string of the molecule is NC1(CC(=O)NC2CCSc3ccc(Cl)cc32)CCCC1. The maximum absolute atomic E-state index is 12.3. The highest BCUT2D eigenvalue weighted by molar-refractivity contribution is 7.99. The molecule has 1 saturated carbocycles. The summed E-state index contributed by atoms with van der Waals surface area (Å²) in [6.07, 6.45) is 5.59. The van der Waals surface area contributed by atoms with E-state index >= 15 is 0 Å². The lowest BCUT2D eigenvalue weighted by Gasteiger charge is -2.28. The Morgan fingerprint density at radius 2 is 2.19 bits per heavy atom. The molecule has 21 heavy (non-hydrogen) atoms. The molecule has 5 heteroatoms. The maximum atomic E-state index is 12.3. The van der Waals surface area contributed by atoms with Crippen LogP contribution in [0.25, 0.3) is 0 Å². The summed E-state index contributed by atoms with van der Waals surface area (Å²) in [6, 6.07) is 5.99. The molecule has 0 aromatic heterocycles. The van der Waals surface area contributed by atoms with Crippen LogP contribution in [0.5, 0.6) is 0 Å². The zero-order chi connectivity index (χ0) is 14.9. The molecule has 1 aliphatic carbocycles. The molecule has 0 saturated heterocycles. The Morgan fingerprint density at radius 3 is 2.95 bits per heavy atom. The largest absolute Gasteiger partial charge is 0.349 e. The monoisotopic (exact) mass is 324 g/mol. The number of rotatable bonds is 3. The fourth-order valence-corrected chi connectivity index (χ4v) is 4.62. The van der Waals surface area contributed by atoms with Crippen LogP contribution in [0.3, 0.4) is 0 Å². The van der Waals surface area contributed by atoms with Gasteiger partial charge in [-0.05, 0) is 43.0 Å². The number of halogens is 1. The smallest absolute Gasteiger partial charge is 0.222 e. The summed E-state index contributed by atoms with van der Waals surface area (Å²) in [6.45, 7) is 0. The number of nitrogens with two attached hydrogens (primary N) is 1. The highest BCUT2D eigenvalue weighted by Crippen LogP contribution is 2.38. The van der Waals surface area contributed by atoms with Gasteiger partial charge in [-0.2, -0.15) is 0 Å². The van der Waals surface area contributed by atoms with Crippen molar-refractivity contribution in [2.24, 2.45) is 5.73 Å². The molecule has 1 aliphatic heterocycles. The molecule has 0 spiro atoms. The van der Waals surface area contributed by atoms with Crippen LogP contribution >= 0.6 is 23.4 Å². The summed E-state index contributed by atoms with van der Waals surface area (Å²) < 4.78 is 0.